The zero-order valence-corrected chi connectivity index (χ0v) is 15.8. The zero-order valence-electron chi connectivity index (χ0n) is 15.8. The number of halogens is 6. The maximum absolute atomic E-state index is 12.8. The van der Waals surface area contributed by atoms with Gasteiger partial charge in [-0.3, -0.25) is 14.2 Å². The van der Waals surface area contributed by atoms with Crippen LogP contribution in [0.15, 0.2) is 22.7 Å². The molecule has 3 aromatic rings. The third-order valence-electron chi connectivity index (χ3n) is 4.74. The molecule has 166 valence electrons. The highest BCUT2D eigenvalue weighted by atomic mass is 19.4. The average Bonchev–Trinajstić information content (AvgIpc) is 3.38. The van der Waals surface area contributed by atoms with Gasteiger partial charge in [0.15, 0.2) is 11.5 Å². The highest BCUT2D eigenvalue weighted by Crippen LogP contribution is 2.34. The molecule has 4 rings (SSSR count). The lowest BCUT2D eigenvalue weighted by Crippen LogP contribution is -2.33. The van der Waals surface area contributed by atoms with Crippen LogP contribution in [0.3, 0.4) is 0 Å². The van der Waals surface area contributed by atoms with E-state index in [4.69, 9.17) is 4.42 Å². The Balaban J connectivity index is 1.57. The molecule has 1 aliphatic rings. The first-order valence-electron chi connectivity index (χ1n) is 8.96. The second-order valence-electron chi connectivity index (χ2n) is 6.91. The number of rotatable bonds is 3. The standard InChI is InChI=1S/C17H14F6N6O2/c1-28-11(6-13(27-28)16(18,19)20)14(30)25-8-3-2-4-29-10(8)5-9(26-29)12-7-24-15(31-12)17(21,22)23/h5-8H,2-4H2,1H3,(H,25,30). The molecule has 0 aromatic carbocycles. The predicted octanol–water partition coefficient (Wildman–Crippen LogP) is 3.57. The molecule has 0 saturated heterocycles. The number of alkyl halides is 6. The van der Waals surface area contributed by atoms with Gasteiger partial charge in [0.05, 0.1) is 17.9 Å². The monoisotopic (exact) mass is 448 g/mol. The fourth-order valence-electron chi connectivity index (χ4n) is 3.32. The summed E-state index contributed by atoms with van der Waals surface area (Å²) in [5.41, 5.74) is -0.895. The van der Waals surface area contributed by atoms with Crippen molar-refractivity contribution in [2.24, 2.45) is 7.05 Å². The van der Waals surface area contributed by atoms with Crippen molar-refractivity contribution < 1.29 is 35.6 Å². The second-order valence-corrected chi connectivity index (χ2v) is 6.91. The van der Waals surface area contributed by atoms with Gasteiger partial charge in [0, 0.05) is 19.7 Å². The molecule has 0 saturated carbocycles. The van der Waals surface area contributed by atoms with Crippen LogP contribution in [0, 0.1) is 0 Å². The van der Waals surface area contributed by atoms with Gasteiger partial charge in [-0.1, -0.05) is 0 Å². The van der Waals surface area contributed by atoms with Crippen LogP contribution < -0.4 is 5.32 Å². The van der Waals surface area contributed by atoms with E-state index in [0.717, 1.165) is 10.9 Å². The summed E-state index contributed by atoms with van der Waals surface area (Å²) in [5, 5.41) is 10.1. The molecule has 0 radical (unpaired) electrons. The number of hydrogen-bond acceptors (Lipinski definition) is 5. The SMILES string of the molecule is Cn1nc(C(F)(F)F)cc1C(=O)NC1CCCn2nc(-c3cnc(C(F)(F)F)o3)cc21. The Kier molecular flexibility index (Phi) is 4.81. The largest absolute Gasteiger partial charge is 0.468 e. The van der Waals surface area contributed by atoms with Gasteiger partial charge in [-0.05, 0) is 18.9 Å². The summed E-state index contributed by atoms with van der Waals surface area (Å²) in [6.45, 7) is 0.450. The molecule has 14 heteroatoms. The number of carbonyl (C=O) groups is 1. The summed E-state index contributed by atoms with van der Waals surface area (Å²) < 4.78 is 83.7. The lowest BCUT2D eigenvalue weighted by Gasteiger charge is -2.24. The van der Waals surface area contributed by atoms with E-state index >= 15 is 0 Å². The van der Waals surface area contributed by atoms with Crippen LogP contribution in [0.5, 0.6) is 0 Å². The number of nitrogens with zero attached hydrogens (tertiary/aromatic N) is 5. The second kappa shape index (κ2) is 7.13. The van der Waals surface area contributed by atoms with Gasteiger partial charge in [0.1, 0.15) is 11.4 Å². The first-order chi connectivity index (χ1) is 14.4. The molecule has 4 heterocycles. The summed E-state index contributed by atoms with van der Waals surface area (Å²) in [6.07, 6.45) is -7.49. The Morgan fingerprint density at radius 1 is 1.16 bits per heavy atom. The Morgan fingerprint density at radius 3 is 2.52 bits per heavy atom. The van der Waals surface area contributed by atoms with Crippen LogP contribution in [0.1, 0.15) is 46.7 Å². The topological polar surface area (TPSA) is 90.8 Å². The molecule has 1 atom stereocenters. The van der Waals surface area contributed by atoms with Gasteiger partial charge >= 0.3 is 18.2 Å². The number of fused-ring (bicyclic) bond motifs is 1. The molecule has 8 nitrogen and oxygen atoms in total. The summed E-state index contributed by atoms with van der Waals surface area (Å²) >= 11 is 0. The molecule has 3 aromatic heterocycles. The molecule has 0 spiro atoms. The first kappa shape index (κ1) is 20.9. The van der Waals surface area contributed by atoms with Gasteiger partial charge < -0.3 is 9.73 Å². The Bertz CT molecular complexity index is 1130. The van der Waals surface area contributed by atoms with Crippen LogP contribution in [-0.2, 0) is 25.9 Å². The fourth-order valence-corrected chi connectivity index (χ4v) is 3.32. The van der Waals surface area contributed by atoms with E-state index in [-0.39, 0.29) is 17.1 Å². The molecular formula is C17H14F6N6O2. The molecule has 31 heavy (non-hydrogen) atoms. The highest BCUT2D eigenvalue weighted by molar-refractivity contribution is 5.93. The number of nitrogens with one attached hydrogen (secondary N) is 1. The molecule has 1 N–H and O–H groups in total. The van der Waals surface area contributed by atoms with Crippen molar-refractivity contribution in [3.8, 4) is 11.5 Å². The van der Waals surface area contributed by atoms with Crippen molar-refractivity contribution >= 4 is 5.91 Å². The van der Waals surface area contributed by atoms with E-state index in [1.54, 1.807) is 0 Å². The molecule has 0 bridgehead atoms. The van der Waals surface area contributed by atoms with Gasteiger partial charge in [-0.15, -0.1) is 0 Å². The summed E-state index contributed by atoms with van der Waals surface area (Å²) in [5.74, 6) is -2.37. The number of oxazole rings is 1. The maximum atomic E-state index is 12.8. The van der Waals surface area contributed by atoms with E-state index in [9.17, 15) is 31.1 Å². The van der Waals surface area contributed by atoms with E-state index in [1.165, 1.54) is 17.8 Å². The molecule has 1 aliphatic heterocycles. The molecule has 0 aliphatic carbocycles. The van der Waals surface area contributed by atoms with E-state index in [1.807, 2.05) is 0 Å². The third kappa shape index (κ3) is 4.01. The van der Waals surface area contributed by atoms with Crippen molar-refractivity contribution in [2.45, 2.75) is 37.8 Å². The number of aromatic nitrogens is 5. The number of amides is 1. The molecule has 0 fully saturated rings. The zero-order chi connectivity index (χ0) is 22.6. The summed E-state index contributed by atoms with van der Waals surface area (Å²) in [6, 6.07) is 1.49. The quantitative estimate of drug-likeness (QED) is 0.619. The third-order valence-corrected chi connectivity index (χ3v) is 4.74. The van der Waals surface area contributed by atoms with Gasteiger partial charge in [0.25, 0.3) is 5.91 Å². The summed E-state index contributed by atoms with van der Waals surface area (Å²) in [7, 11) is 1.22. The maximum Gasteiger partial charge on any atom is 0.468 e. The van der Waals surface area contributed by atoms with Gasteiger partial charge in [-0.25, -0.2) is 4.98 Å². The predicted molar refractivity (Wildman–Crippen MR) is 90.4 cm³/mol. The van der Waals surface area contributed by atoms with E-state index in [0.29, 0.717) is 31.1 Å². The minimum Gasteiger partial charge on any atom is -0.431 e. The Hall–Kier alpha value is -3.32. The van der Waals surface area contributed by atoms with Crippen LogP contribution in [0.4, 0.5) is 26.3 Å². The molecule has 1 unspecified atom stereocenters. The lowest BCUT2D eigenvalue weighted by atomic mass is 10.0. The minimum atomic E-state index is -4.74. The fraction of sp³-hybridized carbons (Fsp3) is 0.412. The first-order valence-corrected chi connectivity index (χ1v) is 8.96. The van der Waals surface area contributed by atoms with Crippen molar-refractivity contribution in [1.29, 1.82) is 0 Å². The lowest BCUT2D eigenvalue weighted by molar-refractivity contribution is -0.156. The van der Waals surface area contributed by atoms with Crippen molar-refractivity contribution in [1.82, 2.24) is 29.9 Å². The van der Waals surface area contributed by atoms with Gasteiger partial charge in [0.2, 0.25) is 0 Å². The Morgan fingerprint density at radius 2 is 1.90 bits per heavy atom. The van der Waals surface area contributed by atoms with Crippen LogP contribution in [-0.4, -0.2) is 30.5 Å². The van der Waals surface area contributed by atoms with Crippen molar-refractivity contribution in [2.75, 3.05) is 0 Å². The number of hydrogen-bond donors (Lipinski definition) is 1. The summed E-state index contributed by atoms with van der Waals surface area (Å²) in [4.78, 5) is 15.7. The number of aryl methyl sites for hydroxylation is 2. The molecular weight excluding hydrogens is 434 g/mol. The minimum absolute atomic E-state index is 0.0963. The number of carbonyl (C=O) groups excluding carboxylic acids is 1. The van der Waals surface area contributed by atoms with Crippen molar-refractivity contribution in [3.05, 3.63) is 41.3 Å². The van der Waals surface area contributed by atoms with Gasteiger partial charge in [-0.2, -0.15) is 36.5 Å². The smallest absolute Gasteiger partial charge is 0.431 e. The Labute approximate surface area is 169 Å². The van der Waals surface area contributed by atoms with E-state index in [2.05, 4.69) is 20.5 Å². The average molecular weight is 448 g/mol. The highest BCUT2D eigenvalue weighted by Gasteiger charge is 2.38. The van der Waals surface area contributed by atoms with Crippen LogP contribution in [0.25, 0.3) is 11.5 Å². The van der Waals surface area contributed by atoms with Crippen LogP contribution >= 0.6 is 0 Å². The van der Waals surface area contributed by atoms with Crippen molar-refractivity contribution in [3.63, 3.8) is 0 Å². The normalized spacial score (nSPS) is 16.9. The van der Waals surface area contributed by atoms with Crippen LogP contribution in [0.2, 0.25) is 0 Å². The van der Waals surface area contributed by atoms with E-state index < -0.39 is 35.9 Å². The molecule has 1 amide bonds.